The van der Waals surface area contributed by atoms with Crippen molar-refractivity contribution >= 4 is 29.2 Å². The lowest BCUT2D eigenvalue weighted by molar-refractivity contribution is 0.0963. The number of carbonyl (C=O) groups is 1. The van der Waals surface area contributed by atoms with Gasteiger partial charge in [0.2, 0.25) is 0 Å². The minimum atomic E-state index is -0.548. The number of aliphatic hydroxyl groups is 1. The van der Waals surface area contributed by atoms with E-state index in [0.717, 1.165) is 18.2 Å². The topological polar surface area (TPSA) is 53.0 Å². The Bertz CT molecular complexity index is 522. The maximum absolute atomic E-state index is 14.2. The summed E-state index contributed by atoms with van der Waals surface area (Å²) in [6, 6.07) is 4.75. The molecule has 7 heteroatoms. The zero-order valence-electron chi connectivity index (χ0n) is 10.8. The predicted molar refractivity (Wildman–Crippen MR) is 75.8 cm³/mol. The third-order valence-corrected chi connectivity index (χ3v) is 4.38. The number of hydrogen-bond donors (Lipinski definition) is 1. The second kappa shape index (κ2) is 5.49. The van der Waals surface area contributed by atoms with Gasteiger partial charge in [-0.15, -0.1) is 11.8 Å². The number of thioether (sulfide) groups is 1. The van der Waals surface area contributed by atoms with Crippen molar-refractivity contribution in [3.05, 3.63) is 24.0 Å². The molecule has 2 heterocycles. The number of cyclic esters (lactones) is 1. The fourth-order valence-electron chi connectivity index (χ4n) is 2.35. The summed E-state index contributed by atoms with van der Waals surface area (Å²) in [4.78, 5) is 15.0. The molecule has 20 heavy (non-hydrogen) atoms. The smallest absolute Gasteiger partial charge is 0.414 e. The average Bonchev–Trinajstić information content (AvgIpc) is 3.07. The van der Waals surface area contributed by atoms with E-state index < -0.39 is 12.2 Å². The van der Waals surface area contributed by atoms with Crippen molar-refractivity contribution in [3.8, 4) is 0 Å². The van der Waals surface area contributed by atoms with Gasteiger partial charge >= 0.3 is 6.09 Å². The molecular weight excluding hydrogens is 283 g/mol. The standard InChI is InChI=1S/C13H15FN2O3S/c14-11-5-9(16-6-10(7-17)19-13(16)18)1-2-12(11)15-3-4-20-8-15/h1-2,5,10,17H,3-4,6-8H2/t10-/m1/s1. The van der Waals surface area contributed by atoms with Gasteiger partial charge in [0.05, 0.1) is 30.4 Å². The fraction of sp³-hybridized carbons (Fsp3) is 0.462. The SMILES string of the molecule is O=C1O[C@@H](CO)CN1c1ccc(N2CCSC2)c(F)c1. The Morgan fingerprint density at radius 2 is 2.35 bits per heavy atom. The Morgan fingerprint density at radius 1 is 1.50 bits per heavy atom. The lowest BCUT2D eigenvalue weighted by atomic mass is 10.2. The largest absolute Gasteiger partial charge is 0.441 e. The van der Waals surface area contributed by atoms with E-state index in [9.17, 15) is 9.18 Å². The molecule has 0 bridgehead atoms. The van der Waals surface area contributed by atoms with Crippen LogP contribution in [-0.2, 0) is 4.74 Å². The molecule has 0 aromatic heterocycles. The van der Waals surface area contributed by atoms with Gasteiger partial charge in [-0.3, -0.25) is 4.90 Å². The van der Waals surface area contributed by atoms with Crippen molar-refractivity contribution in [2.24, 2.45) is 0 Å². The molecule has 2 saturated heterocycles. The van der Waals surface area contributed by atoms with Crippen LogP contribution in [0, 0.1) is 5.82 Å². The molecule has 3 rings (SSSR count). The monoisotopic (exact) mass is 298 g/mol. The zero-order valence-corrected chi connectivity index (χ0v) is 11.6. The lowest BCUT2D eigenvalue weighted by Gasteiger charge is -2.19. The number of aliphatic hydroxyl groups excluding tert-OH is 1. The zero-order chi connectivity index (χ0) is 14.1. The second-order valence-corrected chi connectivity index (χ2v) is 5.81. The molecule has 0 unspecified atom stereocenters. The molecule has 0 radical (unpaired) electrons. The van der Waals surface area contributed by atoms with Gasteiger partial charge in [-0.1, -0.05) is 0 Å². The van der Waals surface area contributed by atoms with Gasteiger partial charge in [0.15, 0.2) is 0 Å². The van der Waals surface area contributed by atoms with Crippen LogP contribution in [0.4, 0.5) is 20.6 Å². The number of hydrogen-bond acceptors (Lipinski definition) is 5. The average molecular weight is 298 g/mol. The van der Waals surface area contributed by atoms with E-state index in [1.54, 1.807) is 23.9 Å². The van der Waals surface area contributed by atoms with Crippen LogP contribution in [0.15, 0.2) is 18.2 Å². The van der Waals surface area contributed by atoms with E-state index in [1.165, 1.54) is 11.0 Å². The quantitative estimate of drug-likeness (QED) is 0.919. The van der Waals surface area contributed by atoms with Crippen LogP contribution >= 0.6 is 11.8 Å². The summed E-state index contributed by atoms with van der Waals surface area (Å²) >= 11 is 1.77. The van der Waals surface area contributed by atoms with Crippen molar-refractivity contribution in [2.45, 2.75) is 6.10 Å². The van der Waals surface area contributed by atoms with E-state index in [1.807, 2.05) is 4.90 Å². The minimum Gasteiger partial charge on any atom is -0.441 e. The summed E-state index contributed by atoms with van der Waals surface area (Å²) in [5.74, 6) is 1.44. The summed E-state index contributed by atoms with van der Waals surface area (Å²) in [6.45, 7) is 0.848. The summed E-state index contributed by atoms with van der Waals surface area (Å²) in [7, 11) is 0. The second-order valence-electron chi connectivity index (χ2n) is 4.74. The highest BCUT2D eigenvalue weighted by molar-refractivity contribution is 7.99. The molecule has 2 aliphatic heterocycles. The van der Waals surface area contributed by atoms with Gasteiger partial charge in [-0.2, -0.15) is 0 Å². The van der Waals surface area contributed by atoms with E-state index in [4.69, 9.17) is 9.84 Å². The first kappa shape index (κ1) is 13.5. The third-order valence-electron chi connectivity index (χ3n) is 3.41. The highest BCUT2D eigenvalue weighted by atomic mass is 32.2. The fourth-order valence-corrected chi connectivity index (χ4v) is 3.32. The van der Waals surface area contributed by atoms with E-state index in [2.05, 4.69) is 0 Å². The molecule has 2 fully saturated rings. The van der Waals surface area contributed by atoms with Crippen LogP contribution in [-0.4, -0.2) is 48.6 Å². The molecule has 0 spiro atoms. The van der Waals surface area contributed by atoms with Crippen molar-refractivity contribution < 1.29 is 19.0 Å². The maximum Gasteiger partial charge on any atom is 0.414 e. The van der Waals surface area contributed by atoms with Gasteiger partial charge in [-0.05, 0) is 18.2 Å². The summed E-state index contributed by atoms with van der Waals surface area (Å²) in [6.07, 6.45) is -1.09. The minimum absolute atomic E-state index is 0.228. The number of halogens is 1. The number of anilines is 2. The van der Waals surface area contributed by atoms with Crippen LogP contribution in [0.2, 0.25) is 0 Å². The Morgan fingerprint density at radius 3 is 2.95 bits per heavy atom. The van der Waals surface area contributed by atoms with E-state index in [0.29, 0.717) is 11.4 Å². The highest BCUT2D eigenvalue weighted by Gasteiger charge is 2.32. The predicted octanol–water partition coefficient (Wildman–Crippen LogP) is 1.65. The van der Waals surface area contributed by atoms with Gasteiger partial charge < -0.3 is 14.7 Å². The summed E-state index contributed by atoms with van der Waals surface area (Å²) < 4.78 is 19.1. The number of benzene rings is 1. The van der Waals surface area contributed by atoms with Gasteiger partial charge in [0, 0.05) is 12.3 Å². The van der Waals surface area contributed by atoms with Crippen LogP contribution in [0.25, 0.3) is 0 Å². The van der Waals surface area contributed by atoms with Crippen molar-refractivity contribution in [2.75, 3.05) is 41.1 Å². The Kier molecular flexibility index (Phi) is 3.71. The number of carbonyl (C=O) groups excluding carboxylic acids is 1. The molecule has 1 N–H and O–H groups in total. The van der Waals surface area contributed by atoms with Gasteiger partial charge in [0.25, 0.3) is 0 Å². The molecule has 1 atom stereocenters. The maximum atomic E-state index is 14.2. The van der Waals surface area contributed by atoms with E-state index in [-0.39, 0.29) is 19.0 Å². The molecule has 1 amide bonds. The Balaban J connectivity index is 1.81. The number of ether oxygens (including phenoxy) is 1. The first-order chi connectivity index (χ1) is 9.69. The third kappa shape index (κ3) is 2.43. The van der Waals surface area contributed by atoms with Crippen molar-refractivity contribution in [3.63, 3.8) is 0 Å². The van der Waals surface area contributed by atoms with Gasteiger partial charge in [-0.25, -0.2) is 9.18 Å². The normalized spacial score (nSPS) is 22.5. The van der Waals surface area contributed by atoms with Crippen LogP contribution in [0.1, 0.15) is 0 Å². The summed E-state index contributed by atoms with van der Waals surface area (Å²) in [5, 5.41) is 9.00. The van der Waals surface area contributed by atoms with Crippen molar-refractivity contribution in [1.29, 1.82) is 0 Å². The van der Waals surface area contributed by atoms with Gasteiger partial charge in [0.1, 0.15) is 11.9 Å². The molecule has 108 valence electrons. The van der Waals surface area contributed by atoms with E-state index >= 15 is 0 Å². The molecule has 0 aliphatic carbocycles. The first-order valence-electron chi connectivity index (χ1n) is 6.40. The van der Waals surface area contributed by atoms with Crippen molar-refractivity contribution in [1.82, 2.24) is 0 Å². The van der Waals surface area contributed by atoms with Crippen LogP contribution in [0.5, 0.6) is 0 Å². The first-order valence-corrected chi connectivity index (χ1v) is 7.56. The molecular formula is C13H15FN2O3S. The number of nitrogens with zero attached hydrogens (tertiary/aromatic N) is 2. The molecule has 1 aromatic carbocycles. The number of rotatable bonds is 3. The van der Waals surface area contributed by atoms with Crippen LogP contribution in [0.3, 0.4) is 0 Å². The summed E-state index contributed by atoms with van der Waals surface area (Å²) in [5.41, 5.74) is 1.02. The Hall–Kier alpha value is -1.47. The van der Waals surface area contributed by atoms with Crippen LogP contribution < -0.4 is 9.80 Å². The lowest BCUT2D eigenvalue weighted by Crippen LogP contribution is -2.26. The Labute approximate surface area is 120 Å². The molecule has 0 saturated carbocycles. The molecule has 2 aliphatic rings. The number of amides is 1. The molecule has 5 nitrogen and oxygen atoms in total. The highest BCUT2D eigenvalue weighted by Crippen LogP contribution is 2.30. The molecule has 1 aromatic rings.